The highest BCUT2D eigenvalue weighted by atomic mass is 127. The van der Waals surface area contributed by atoms with E-state index < -0.39 is 0 Å². The Kier molecular flexibility index (Phi) is 10.9. The second-order valence-electron chi connectivity index (χ2n) is 5.20. The van der Waals surface area contributed by atoms with Gasteiger partial charge in [0.05, 0.1) is 6.54 Å². The Morgan fingerprint density at radius 1 is 1.38 bits per heavy atom. The molecule has 0 bridgehead atoms. The lowest BCUT2D eigenvalue weighted by molar-refractivity contribution is 0.710. The summed E-state index contributed by atoms with van der Waals surface area (Å²) >= 11 is 1.84. The first-order valence-corrected chi connectivity index (χ1v) is 8.26. The number of hydrogen-bond acceptors (Lipinski definition) is 3. The number of aliphatic imine (C=N–C) groups is 1. The van der Waals surface area contributed by atoms with E-state index in [0.29, 0.717) is 0 Å². The second-order valence-corrected chi connectivity index (χ2v) is 6.71. The molecule has 2 N–H and O–H groups in total. The van der Waals surface area contributed by atoms with E-state index in [1.165, 1.54) is 5.56 Å². The van der Waals surface area contributed by atoms with Gasteiger partial charge < -0.3 is 10.6 Å². The van der Waals surface area contributed by atoms with Crippen molar-refractivity contribution in [2.75, 3.05) is 25.9 Å². The van der Waals surface area contributed by atoms with Gasteiger partial charge in [0.25, 0.3) is 0 Å². The Hall–Kier alpha value is -0.500. The van der Waals surface area contributed by atoms with Crippen LogP contribution < -0.4 is 10.6 Å². The number of hydrogen-bond donors (Lipinski definition) is 2. The fourth-order valence-corrected chi connectivity index (χ4v) is 1.74. The maximum atomic E-state index is 4.65. The fraction of sp³-hybridized carbons (Fsp3) is 0.600. The Bertz CT molecular complexity index is 409. The zero-order valence-electron chi connectivity index (χ0n) is 13.3. The molecule has 0 aliphatic carbocycles. The molecule has 6 heteroatoms. The largest absolute Gasteiger partial charge is 0.357 e. The number of halogens is 1. The van der Waals surface area contributed by atoms with Crippen LogP contribution in [0.25, 0.3) is 0 Å². The van der Waals surface area contributed by atoms with Crippen LogP contribution in [0.4, 0.5) is 0 Å². The van der Waals surface area contributed by atoms with Gasteiger partial charge in [-0.1, -0.05) is 6.07 Å². The van der Waals surface area contributed by atoms with Gasteiger partial charge in [-0.2, -0.15) is 11.8 Å². The molecule has 0 unspecified atom stereocenters. The minimum atomic E-state index is 0. The van der Waals surface area contributed by atoms with E-state index in [-0.39, 0.29) is 28.7 Å². The van der Waals surface area contributed by atoms with Crippen LogP contribution in [0.1, 0.15) is 26.3 Å². The molecule has 0 atom stereocenters. The van der Waals surface area contributed by atoms with Crippen LogP contribution in [0.2, 0.25) is 0 Å². The number of rotatable bonds is 7. The molecule has 1 heterocycles. The highest BCUT2D eigenvalue weighted by Crippen LogP contribution is 2.20. The molecule has 1 aromatic rings. The minimum Gasteiger partial charge on any atom is -0.357 e. The zero-order chi connectivity index (χ0) is 14.8. The van der Waals surface area contributed by atoms with Crippen LogP contribution in [-0.4, -0.2) is 41.6 Å². The molecule has 0 aromatic carbocycles. The number of nitrogens with one attached hydrogen (secondary N) is 2. The summed E-state index contributed by atoms with van der Waals surface area (Å²) in [5, 5.41) is 6.65. The monoisotopic (exact) mass is 422 g/mol. The predicted molar refractivity (Wildman–Crippen MR) is 105 cm³/mol. The average Bonchev–Trinajstić information content (AvgIpc) is 2.46. The molecule has 1 aromatic heterocycles. The number of guanidine groups is 1. The van der Waals surface area contributed by atoms with Crippen LogP contribution in [0.5, 0.6) is 0 Å². The quantitative estimate of drug-likeness (QED) is 0.403. The first kappa shape index (κ1) is 20.5. The van der Waals surface area contributed by atoms with Gasteiger partial charge in [-0.15, -0.1) is 24.0 Å². The van der Waals surface area contributed by atoms with Crippen LogP contribution in [-0.2, 0) is 6.42 Å². The third-order valence-electron chi connectivity index (χ3n) is 2.94. The molecular formula is C15H27IN4S. The van der Waals surface area contributed by atoms with Crippen molar-refractivity contribution in [1.82, 2.24) is 15.6 Å². The molecule has 0 saturated heterocycles. The molecule has 21 heavy (non-hydrogen) atoms. The molecule has 0 aliphatic rings. The molecule has 0 amide bonds. The van der Waals surface area contributed by atoms with Crippen molar-refractivity contribution >= 4 is 41.7 Å². The summed E-state index contributed by atoms with van der Waals surface area (Å²) in [7, 11) is 0. The van der Waals surface area contributed by atoms with Crippen molar-refractivity contribution in [1.29, 1.82) is 0 Å². The lowest BCUT2D eigenvalue weighted by Crippen LogP contribution is -2.39. The lowest BCUT2D eigenvalue weighted by atomic mass is 10.2. The van der Waals surface area contributed by atoms with E-state index in [1.807, 2.05) is 24.0 Å². The van der Waals surface area contributed by atoms with Gasteiger partial charge in [-0.3, -0.25) is 9.98 Å². The van der Waals surface area contributed by atoms with Crippen molar-refractivity contribution in [2.24, 2.45) is 4.99 Å². The summed E-state index contributed by atoms with van der Waals surface area (Å²) < 4.78 is 0.172. The first-order valence-electron chi connectivity index (χ1n) is 7.03. The Morgan fingerprint density at radius 3 is 2.71 bits per heavy atom. The second kappa shape index (κ2) is 11.1. The number of pyridine rings is 1. The van der Waals surface area contributed by atoms with E-state index in [9.17, 15) is 0 Å². The lowest BCUT2D eigenvalue weighted by Gasteiger charge is -2.20. The van der Waals surface area contributed by atoms with Crippen LogP contribution in [0.3, 0.4) is 0 Å². The van der Waals surface area contributed by atoms with Crippen LogP contribution in [0, 0.1) is 0 Å². The molecule has 4 nitrogen and oxygen atoms in total. The molecule has 0 aliphatic heterocycles. The van der Waals surface area contributed by atoms with Gasteiger partial charge in [0.2, 0.25) is 0 Å². The van der Waals surface area contributed by atoms with Gasteiger partial charge in [0.15, 0.2) is 5.96 Å². The third kappa shape index (κ3) is 9.18. The third-order valence-corrected chi connectivity index (χ3v) is 4.18. The molecule has 0 spiro atoms. The number of aromatic nitrogens is 1. The summed E-state index contributed by atoms with van der Waals surface area (Å²) in [5.41, 5.74) is 1.24. The van der Waals surface area contributed by atoms with E-state index in [1.54, 1.807) is 6.20 Å². The summed E-state index contributed by atoms with van der Waals surface area (Å²) in [6.45, 7) is 9.03. The SMILES string of the molecule is CCNC(=NCC(C)(C)SC)NCCc1cccnc1.I. The van der Waals surface area contributed by atoms with Crippen LogP contribution >= 0.6 is 35.7 Å². The Morgan fingerprint density at radius 2 is 2.14 bits per heavy atom. The van der Waals surface area contributed by atoms with E-state index in [2.05, 4.69) is 53.7 Å². The van der Waals surface area contributed by atoms with Crippen molar-refractivity contribution in [3.63, 3.8) is 0 Å². The average molecular weight is 422 g/mol. The van der Waals surface area contributed by atoms with Gasteiger partial charge >= 0.3 is 0 Å². The molecule has 0 radical (unpaired) electrons. The normalized spacial score (nSPS) is 11.7. The van der Waals surface area contributed by atoms with Crippen molar-refractivity contribution in [3.05, 3.63) is 30.1 Å². The van der Waals surface area contributed by atoms with E-state index in [0.717, 1.165) is 32.0 Å². The van der Waals surface area contributed by atoms with Crippen molar-refractivity contribution in [3.8, 4) is 0 Å². The summed E-state index contributed by atoms with van der Waals surface area (Å²) in [4.78, 5) is 8.77. The summed E-state index contributed by atoms with van der Waals surface area (Å²) in [5.74, 6) is 0.888. The molecule has 120 valence electrons. The van der Waals surface area contributed by atoms with E-state index in [4.69, 9.17) is 0 Å². The molecular weight excluding hydrogens is 395 g/mol. The molecule has 0 fully saturated rings. The minimum absolute atomic E-state index is 0. The zero-order valence-corrected chi connectivity index (χ0v) is 16.5. The number of thioether (sulfide) groups is 1. The fourth-order valence-electron chi connectivity index (χ4n) is 1.55. The topological polar surface area (TPSA) is 49.3 Å². The van der Waals surface area contributed by atoms with Gasteiger partial charge in [0, 0.05) is 30.2 Å². The smallest absolute Gasteiger partial charge is 0.191 e. The predicted octanol–water partition coefficient (Wildman–Crippen LogP) is 2.94. The van der Waals surface area contributed by atoms with Crippen LogP contribution in [0.15, 0.2) is 29.5 Å². The number of nitrogens with zero attached hydrogens (tertiary/aromatic N) is 2. The first-order chi connectivity index (χ1) is 9.57. The Balaban J connectivity index is 0.00000400. The maximum absolute atomic E-state index is 4.65. The van der Waals surface area contributed by atoms with E-state index >= 15 is 0 Å². The molecule has 1 rings (SSSR count). The standard InChI is InChI=1S/C15H26N4S.HI/c1-5-17-14(19-12-15(2,3)20-4)18-10-8-13-7-6-9-16-11-13;/h6-7,9,11H,5,8,10,12H2,1-4H3,(H2,17,18,19);1H. The highest BCUT2D eigenvalue weighted by molar-refractivity contribution is 14.0. The van der Waals surface area contributed by atoms with Crippen molar-refractivity contribution in [2.45, 2.75) is 31.9 Å². The van der Waals surface area contributed by atoms with Crippen molar-refractivity contribution < 1.29 is 0 Å². The van der Waals surface area contributed by atoms with Gasteiger partial charge in [-0.25, -0.2) is 0 Å². The molecule has 0 saturated carbocycles. The van der Waals surface area contributed by atoms with Gasteiger partial charge in [0.1, 0.15) is 0 Å². The van der Waals surface area contributed by atoms with Gasteiger partial charge in [-0.05, 0) is 45.1 Å². The summed E-state index contributed by atoms with van der Waals surface area (Å²) in [6, 6.07) is 4.06. The maximum Gasteiger partial charge on any atom is 0.191 e. The Labute approximate surface area is 150 Å². The summed E-state index contributed by atoms with van der Waals surface area (Å²) in [6.07, 6.45) is 6.78. The highest BCUT2D eigenvalue weighted by Gasteiger charge is 2.15.